The second kappa shape index (κ2) is 4.86. The molecule has 3 nitrogen and oxygen atoms in total. The smallest absolute Gasteiger partial charge is 0.147 e. The van der Waals surface area contributed by atoms with E-state index in [1.54, 1.807) is 19.3 Å². The molecule has 0 N–H and O–H groups in total. The Hall–Kier alpha value is -1.22. The lowest BCUT2D eigenvalue weighted by atomic mass is 10.0. The molecule has 0 saturated carbocycles. The molecule has 76 valence electrons. The van der Waals surface area contributed by atoms with Gasteiger partial charge in [-0.1, -0.05) is 0 Å². The maximum Gasteiger partial charge on any atom is 0.147 e. The zero-order chi connectivity index (χ0) is 10.6. The first-order valence-electron chi connectivity index (χ1n) is 4.67. The summed E-state index contributed by atoms with van der Waals surface area (Å²) in [5.74, 6) is 0.201. The summed E-state index contributed by atoms with van der Waals surface area (Å²) in [4.78, 5) is 17.2. The summed E-state index contributed by atoms with van der Waals surface area (Å²) in [6, 6.07) is 3.86. The van der Waals surface area contributed by atoms with Gasteiger partial charge in [-0.15, -0.1) is 0 Å². The van der Waals surface area contributed by atoms with Gasteiger partial charge in [0, 0.05) is 12.4 Å². The monoisotopic (exact) mass is 192 g/mol. The standard InChI is InChI=1S/C11H16N2O/c1-9(14)11(13(2)3)8-10-4-6-12-7-5-10/h4-7,11H,8H2,1-3H3/t11-/m0/s1. The van der Waals surface area contributed by atoms with E-state index in [0.29, 0.717) is 0 Å². The van der Waals surface area contributed by atoms with Gasteiger partial charge < -0.3 is 0 Å². The van der Waals surface area contributed by atoms with E-state index in [2.05, 4.69) is 4.98 Å². The van der Waals surface area contributed by atoms with Crippen molar-refractivity contribution in [3.05, 3.63) is 30.1 Å². The van der Waals surface area contributed by atoms with Gasteiger partial charge >= 0.3 is 0 Å². The normalized spacial score (nSPS) is 12.9. The van der Waals surface area contributed by atoms with Crippen LogP contribution in [0.15, 0.2) is 24.5 Å². The van der Waals surface area contributed by atoms with E-state index in [0.717, 1.165) is 12.0 Å². The lowest BCUT2D eigenvalue weighted by Gasteiger charge is -2.21. The van der Waals surface area contributed by atoms with Crippen molar-refractivity contribution in [3.8, 4) is 0 Å². The zero-order valence-electron chi connectivity index (χ0n) is 8.90. The van der Waals surface area contributed by atoms with Crippen molar-refractivity contribution in [3.63, 3.8) is 0 Å². The van der Waals surface area contributed by atoms with Crippen LogP contribution in [0.3, 0.4) is 0 Å². The van der Waals surface area contributed by atoms with Crippen molar-refractivity contribution in [1.29, 1.82) is 0 Å². The predicted molar refractivity (Wildman–Crippen MR) is 56.1 cm³/mol. The Kier molecular flexibility index (Phi) is 3.77. The van der Waals surface area contributed by atoms with Crippen LogP contribution in [0.5, 0.6) is 0 Å². The van der Waals surface area contributed by atoms with Crippen molar-refractivity contribution in [2.45, 2.75) is 19.4 Å². The fourth-order valence-electron chi connectivity index (χ4n) is 1.43. The Labute approximate surface area is 84.8 Å². The number of likely N-dealkylation sites (N-methyl/N-ethyl adjacent to an activating group) is 1. The summed E-state index contributed by atoms with van der Waals surface area (Å²) in [6.45, 7) is 1.63. The molecule has 1 atom stereocenters. The first kappa shape index (κ1) is 10.9. The van der Waals surface area contributed by atoms with Crippen LogP contribution in [-0.4, -0.2) is 35.8 Å². The molecule has 0 radical (unpaired) electrons. The van der Waals surface area contributed by atoms with Crippen LogP contribution in [0.25, 0.3) is 0 Å². The molecular formula is C11H16N2O. The van der Waals surface area contributed by atoms with Gasteiger partial charge in [-0.05, 0) is 45.1 Å². The number of ketones is 1. The van der Waals surface area contributed by atoms with Crippen molar-refractivity contribution in [2.75, 3.05) is 14.1 Å². The lowest BCUT2D eigenvalue weighted by Crippen LogP contribution is -2.36. The van der Waals surface area contributed by atoms with Gasteiger partial charge in [0.2, 0.25) is 0 Å². The number of Topliss-reactive ketones (excluding diaryl/α,β-unsaturated/α-hetero) is 1. The highest BCUT2D eigenvalue weighted by Gasteiger charge is 2.16. The number of aromatic nitrogens is 1. The van der Waals surface area contributed by atoms with Crippen LogP contribution in [-0.2, 0) is 11.2 Å². The van der Waals surface area contributed by atoms with E-state index in [1.807, 2.05) is 31.1 Å². The van der Waals surface area contributed by atoms with E-state index >= 15 is 0 Å². The van der Waals surface area contributed by atoms with E-state index in [4.69, 9.17) is 0 Å². The molecule has 0 aliphatic carbocycles. The molecule has 0 saturated heterocycles. The van der Waals surface area contributed by atoms with E-state index in [9.17, 15) is 4.79 Å². The Morgan fingerprint density at radius 3 is 2.43 bits per heavy atom. The Morgan fingerprint density at radius 2 is 2.00 bits per heavy atom. The van der Waals surface area contributed by atoms with E-state index in [1.165, 1.54) is 0 Å². The number of carbonyl (C=O) groups excluding carboxylic acids is 1. The summed E-state index contributed by atoms with van der Waals surface area (Å²) in [5, 5.41) is 0. The maximum atomic E-state index is 11.3. The summed E-state index contributed by atoms with van der Waals surface area (Å²) in [7, 11) is 3.85. The second-order valence-electron chi connectivity index (χ2n) is 3.65. The topological polar surface area (TPSA) is 33.2 Å². The molecule has 0 bridgehead atoms. The van der Waals surface area contributed by atoms with Crippen LogP contribution in [0.1, 0.15) is 12.5 Å². The Balaban J connectivity index is 2.70. The quantitative estimate of drug-likeness (QED) is 0.717. The van der Waals surface area contributed by atoms with Gasteiger partial charge in [-0.25, -0.2) is 0 Å². The molecule has 0 aromatic carbocycles. The molecule has 3 heteroatoms. The molecule has 1 aromatic rings. The molecule has 0 unspecified atom stereocenters. The van der Waals surface area contributed by atoms with E-state index in [-0.39, 0.29) is 11.8 Å². The predicted octanol–water partition coefficient (Wildman–Crippen LogP) is 1.14. The summed E-state index contributed by atoms with van der Waals surface area (Å²) in [5.41, 5.74) is 1.15. The third-order valence-electron chi connectivity index (χ3n) is 2.27. The molecule has 0 aliphatic heterocycles. The van der Waals surface area contributed by atoms with Crippen molar-refractivity contribution >= 4 is 5.78 Å². The highest BCUT2D eigenvalue weighted by Crippen LogP contribution is 2.06. The average Bonchev–Trinajstić information content (AvgIpc) is 2.15. The summed E-state index contributed by atoms with van der Waals surface area (Å²) in [6.07, 6.45) is 4.26. The second-order valence-corrected chi connectivity index (χ2v) is 3.65. The highest BCUT2D eigenvalue weighted by molar-refractivity contribution is 5.81. The fourth-order valence-corrected chi connectivity index (χ4v) is 1.43. The minimum atomic E-state index is -0.0302. The maximum absolute atomic E-state index is 11.3. The minimum absolute atomic E-state index is 0.0302. The van der Waals surface area contributed by atoms with Crippen LogP contribution >= 0.6 is 0 Å². The molecule has 14 heavy (non-hydrogen) atoms. The summed E-state index contributed by atoms with van der Waals surface area (Å²) < 4.78 is 0. The van der Waals surface area contributed by atoms with E-state index < -0.39 is 0 Å². The molecule has 1 aromatic heterocycles. The molecule has 0 spiro atoms. The van der Waals surface area contributed by atoms with Crippen LogP contribution in [0.4, 0.5) is 0 Å². The lowest BCUT2D eigenvalue weighted by molar-refractivity contribution is -0.121. The van der Waals surface area contributed by atoms with Crippen molar-refractivity contribution in [2.24, 2.45) is 0 Å². The Bertz CT molecular complexity index is 295. The van der Waals surface area contributed by atoms with Gasteiger partial charge in [0.15, 0.2) is 0 Å². The number of nitrogens with zero attached hydrogens (tertiary/aromatic N) is 2. The van der Waals surface area contributed by atoms with Crippen LogP contribution in [0.2, 0.25) is 0 Å². The number of rotatable bonds is 4. The highest BCUT2D eigenvalue weighted by atomic mass is 16.1. The number of hydrogen-bond acceptors (Lipinski definition) is 3. The third-order valence-corrected chi connectivity index (χ3v) is 2.27. The SMILES string of the molecule is CC(=O)[C@H](Cc1ccncc1)N(C)C. The number of hydrogen-bond donors (Lipinski definition) is 0. The molecule has 0 fully saturated rings. The first-order valence-corrected chi connectivity index (χ1v) is 4.67. The summed E-state index contributed by atoms with van der Waals surface area (Å²) >= 11 is 0. The Morgan fingerprint density at radius 1 is 1.43 bits per heavy atom. The third kappa shape index (κ3) is 2.92. The first-order chi connectivity index (χ1) is 6.61. The number of carbonyl (C=O) groups is 1. The molecule has 1 heterocycles. The average molecular weight is 192 g/mol. The van der Waals surface area contributed by atoms with Gasteiger partial charge in [-0.3, -0.25) is 14.7 Å². The van der Waals surface area contributed by atoms with Gasteiger partial charge in [0.1, 0.15) is 5.78 Å². The van der Waals surface area contributed by atoms with Crippen molar-refractivity contribution < 1.29 is 4.79 Å². The molecule has 0 amide bonds. The van der Waals surface area contributed by atoms with Gasteiger partial charge in [0.25, 0.3) is 0 Å². The van der Waals surface area contributed by atoms with Crippen LogP contribution < -0.4 is 0 Å². The molecular weight excluding hydrogens is 176 g/mol. The number of pyridine rings is 1. The molecule has 0 aliphatic rings. The zero-order valence-corrected chi connectivity index (χ0v) is 8.90. The largest absolute Gasteiger partial charge is 0.299 e. The molecule has 1 rings (SSSR count). The van der Waals surface area contributed by atoms with Gasteiger partial charge in [-0.2, -0.15) is 0 Å². The fraction of sp³-hybridized carbons (Fsp3) is 0.455. The minimum Gasteiger partial charge on any atom is -0.299 e. The van der Waals surface area contributed by atoms with Crippen molar-refractivity contribution in [1.82, 2.24) is 9.88 Å². The van der Waals surface area contributed by atoms with Gasteiger partial charge in [0.05, 0.1) is 6.04 Å². The van der Waals surface area contributed by atoms with Crippen LogP contribution in [0, 0.1) is 0 Å².